The van der Waals surface area contributed by atoms with Crippen LogP contribution in [0.4, 0.5) is 10.9 Å². The van der Waals surface area contributed by atoms with Gasteiger partial charge in [0.2, 0.25) is 0 Å². The maximum absolute atomic E-state index is 9.62. The average Bonchev–Trinajstić information content (AvgIpc) is 2.86. The van der Waals surface area contributed by atoms with E-state index in [4.69, 9.17) is 5.73 Å². The van der Waals surface area contributed by atoms with Crippen LogP contribution < -0.4 is 11.1 Å². The van der Waals surface area contributed by atoms with E-state index in [2.05, 4.69) is 48.0 Å². The summed E-state index contributed by atoms with van der Waals surface area (Å²) in [5.41, 5.74) is 6.46. The number of thioether (sulfide) groups is 1. The Labute approximate surface area is 145 Å². The molecule has 2 rings (SSSR count). The van der Waals surface area contributed by atoms with E-state index in [1.165, 1.54) is 11.3 Å². The Morgan fingerprint density at radius 1 is 1.26 bits per heavy atom. The molecule has 4 N–H and O–H groups in total. The third-order valence-corrected chi connectivity index (χ3v) is 5.46. The van der Waals surface area contributed by atoms with Crippen LogP contribution in [-0.2, 0) is 0 Å². The zero-order valence-electron chi connectivity index (χ0n) is 14.0. The van der Waals surface area contributed by atoms with Gasteiger partial charge in [-0.15, -0.1) is 0 Å². The van der Waals surface area contributed by atoms with Crippen molar-refractivity contribution in [3.8, 4) is 0 Å². The number of fused-ring (bicyclic) bond motifs is 1. The number of nitrogens with two attached hydrogens (primary N) is 1. The van der Waals surface area contributed by atoms with Crippen molar-refractivity contribution in [2.75, 3.05) is 17.7 Å². The summed E-state index contributed by atoms with van der Waals surface area (Å²) in [6.45, 7) is 8.62. The zero-order valence-corrected chi connectivity index (χ0v) is 15.7. The van der Waals surface area contributed by atoms with Crippen molar-refractivity contribution in [3.63, 3.8) is 0 Å². The van der Waals surface area contributed by atoms with Gasteiger partial charge in [0.25, 0.3) is 0 Å². The standard InChI is InChI=1S/C15H25N5OS2/c1-5-9(4)22-15-19-12(17-10(7-21)6-8(2)3)11-13(20-15)18-14(16)23-11/h8-10,21H,5-7H2,1-4H3,(H3,16,17,18,19,20)/t9?,10-/m1/s1. The van der Waals surface area contributed by atoms with Gasteiger partial charge in [0.15, 0.2) is 21.8 Å². The van der Waals surface area contributed by atoms with Gasteiger partial charge in [-0.05, 0) is 18.8 Å². The Morgan fingerprint density at radius 3 is 2.61 bits per heavy atom. The predicted molar refractivity (Wildman–Crippen MR) is 99.2 cm³/mol. The van der Waals surface area contributed by atoms with E-state index in [0.29, 0.717) is 27.1 Å². The van der Waals surface area contributed by atoms with Crippen molar-refractivity contribution in [1.29, 1.82) is 0 Å². The van der Waals surface area contributed by atoms with Crippen LogP contribution in [0.2, 0.25) is 0 Å². The summed E-state index contributed by atoms with van der Waals surface area (Å²) >= 11 is 3.00. The van der Waals surface area contributed by atoms with Crippen LogP contribution in [0.3, 0.4) is 0 Å². The first-order valence-electron chi connectivity index (χ1n) is 7.91. The molecule has 0 bridgehead atoms. The maximum atomic E-state index is 9.62. The van der Waals surface area contributed by atoms with Gasteiger partial charge in [0.05, 0.1) is 12.6 Å². The minimum Gasteiger partial charge on any atom is -0.394 e. The van der Waals surface area contributed by atoms with Crippen LogP contribution in [0, 0.1) is 5.92 Å². The minimum absolute atomic E-state index is 0.0436. The average molecular weight is 356 g/mol. The molecule has 2 aromatic heterocycles. The highest BCUT2D eigenvalue weighted by molar-refractivity contribution is 7.99. The fourth-order valence-corrected chi connectivity index (χ4v) is 3.71. The van der Waals surface area contributed by atoms with Gasteiger partial charge in [0.1, 0.15) is 4.70 Å². The molecule has 2 aromatic rings. The SMILES string of the molecule is CCC(C)Sc1nc(N[C@@H](CO)CC(C)C)c2sc(N)nc2n1. The second kappa shape index (κ2) is 8.12. The molecule has 0 radical (unpaired) electrons. The first-order valence-corrected chi connectivity index (χ1v) is 9.60. The molecule has 0 aromatic carbocycles. The molecule has 2 heterocycles. The summed E-state index contributed by atoms with van der Waals surface area (Å²) in [4.78, 5) is 13.4. The summed E-state index contributed by atoms with van der Waals surface area (Å²) in [7, 11) is 0. The molecule has 0 aliphatic carbocycles. The van der Waals surface area contributed by atoms with Crippen molar-refractivity contribution in [1.82, 2.24) is 15.0 Å². The summed E-state index contributed by atoms with van der Waals surface area (Å²) in [5, 5.41) is 14.6. The largest absolute Gasteiger partial charge is 0.394 e. The molecule has 0 saturated heterocycles. The molecule has 0 saturated carbocycles. The first-order chi connectivity index (χ1) is 10.9. The summed E-state index contributed by atoms with van der Waals surface area (Å²) in [6.07, 6.45) is 1.91. The molecule has 0 fully saturated rings. The van der Waals surface area contributed by atoms with E-state index in [0.717, 1.165) is 23.4 Å². The van der Waals surface area contributed by atoms with Gasteiger partial charge in [0, 0.05) is 5.25 Å². The van der Waals surface area contributed by atoms with Crippen LogP contribution in [0.25, 0.3) is 10.3 Å². The number of aromatic nitrogens is 3. The van der Waals surface area contributed by atoms with E-state index in [-0.39, 0.29) is 12.6 Å². The summed E-state index contributed by atoms with van der Waals surface area (Å²) < 4.78 is 0.846. The minimum atomic E-state index is -0.0436. The number of aliphatic hydroxyl groups is 1. The Bertz CT molecular complexity index is 646. The lowest BCUT2D eigenvalue weighted by Gasteiger charge is -2.19. The molecule has 8 heteroatoms. The van der Waals surface area contributed by atoms with Gasteiger partial charge < -0.3 is 16.2 Å². The van der Waals surface area contributed by atoms with Gasteiger partial charge in [-0.25, -0.2) is 15.0 Å². The third kappa shape index (κ3) is 4.92. The van der Waals surface area contributed by atoms with E-state index in [1.807, 2.05) is 0 Å². The molecular weight excluding hydrogens is 330 g/mol. The van der Waals surface area contributed by atoms with E-state index < -0.39 is 0 Å². The van der Waals surface area contributed by atoms with E-state index >= 15 is 0 Å². The lowest BCUT2D eigenvalue weighted by atomic mass is 10.0. The van der Waals surface area contributed by atoms with E-state index in [1.54, 1.807) is 11.8 Å². The number of nitrogens with zero attached hydrogens (tertiary/aromatic N) is 3. The predicted octanol–water partition coefficient (Wildman–Crippen LogP) is 3.38. The molecule has 0 aliphatic heterocycles. The Balaban J connectivity index is 2.34. The summed E-state index contributed by atoms with van der Waals surface area (Å²) in [5.74, 6) is 1.20. The number of thiazole rings is 1. The quantitative estimate of drug-likeness (QED) is 0.493. The van der Waals surface area contributed by atoms with Crippen LogP contribution >= 0.6 is 23.1 Å². The number of hydrogen-bond acceptors (Lipinski definition) is 8. The smallest absolute Gasteiger partial charge is 0.191 e. The number of nitrogen functional groups attached to an aromatic ring is 1. The topological polar surface area (TPSA) is 97.0 Å². The van der Waals surface area contributed by atoms with Gasteiger partial charge in [-0.3, -0.25) is 0 Å². The van der Waals surface area contributed by atoms with Crippen LogP contribution in [0.15, 0.2) is 5.16 Å². The summed E-state index contributed by atoms with van der Waals surface area (Å²) in [6, 6.07) is -0.0436. The molecule has 128 valence electrons. The highest BCUT2D eigenvalue weighted by Gasteiger charge is 2.17. The highest BCUT2D eigenvalue weighted by atomic mass is 32.2. The van der Waals surface area contributed by atoms with Crippen molar-refractivity contribution < 1.29 is 5.11 Å². The number of rotatable bonds is 8. The highest BCUT2D eigenvalue weighted by Crippen LogP contribution is 2.32. The Morgan fingerprint density at radius 2 is 2.00 bits per heavy atom. The Kier molecular flexibility index (Phi) is 6.43. The number of aliphatic hydroxyl groups excluding tert-OH is 1. The third-order valence-electron chi connectivity index (χ3n) is 3.45. The fraction of sp³-hybridized carbons (Fsp3) is 0.667. The van der Waals surface area contributed by atoms with Gasteiger partial charge >= 0.3 is 0 Å². The Hall–Kier alpha value is -1.12. The monoisotopic (exact) mass is 355 g/mol. The zero-order chi connectivity index (χ0) is 17.0. The lowest BCUT2D eigenvalue weighted by molar-refractivity contribution is 0.259. The van der Waals surface area contributed by atoms with Crippen molar-refractivity contribution in [2.45, 2.75) is 57.0 Å². The normalized spacial score (nSPS) is 14.3. The maximum Gasteiger partial charge on any atom is 0.191 e. The molecule has 0 amide bonds. The molecule has 6 nitrogen and oxygen atoms in total. The first kappa shape index (κ1) is 18.2. The second-order valence-electron chi connectivity index (χ2n) is 6.05. The molecular formula is C15H25N5OS2. The van der Waals surface area contributed by atoms with Crippen LogP contribution in [0.1, 0.15) is 40.5 Å². The van der Waals surface area contributed by atoms with Crippen LogP contribution in [-0.4, -0.2) is 38.0 Å². The van der Waals surface area contributed by atoms with Crippen molar-refractivity contribution >= 4 is 44.4 Å². The van der Waals surface area contributed by atoms with Gasteiger partial charge in [-0.1, -0.05) is 50.8 Å². The number of anilines is 2. The molecule has 0 aliphatic rings. The van der Waals surface area contributed by atoms with E-state index in [9.17, 15) is 5.11 Å². The fourth-order valence-electron chi connectivity index (χ4n) is 2.18. The second-order valence-corrected chi connectivity index (χ2v) is 8.49. The molecule has 0 spiro atoms. The van der Waals surface area contributed by atoms with Crippen LogP contribution in [0.5, 0.6) is 0 Å². The van der Waals surface area contributed by atoms with Gasteiger partial charge in [-0.2, -0.15) is 0 Å². The molecule has 2 atom stereocenters. The number of hydrogen-bond donors (Lipinski definition) is 3. The lowest BCUT2D eigenvalue weighted by Crippen LogP contribution is -2.26. The van der Waals surface area contributed by atoms with Crippen molar-refractivity contribution in [2.24, 2.45) is 5.92 Å². The molecule has 1 unspecified atom stereocenters. The molecule has 23 heavy (non-hydrogen) atoms. The number of nitrogens with one attached hydrogen (secondary N) is 1. The van der Waals surface area contributed by atoms with Crippen molar-refractivity contribution in [3.05, 3.63) is 0 Å².